The van der Waals surface area contributed by atoms with Gasteiger partial charge in [0.05, 0.1) is 5.25 Å². The predicted molar refractivity (Wildman–Crippen MR) is 101 cm³/mol. The van der Waals surface area contributed by atoms with Crippen molar-refractivity contribution in [2.45, 2.75) is 49.1 Å². The molecule has 1 atom stereocenters. The quantitative estimate of drug-likeness (QED) is 0.671. The lowest BCUT2D eigenvalue weighted by Crippen LogP contribution is -2.23. The van der Waals surface area contributed by atoms with Crippen molar-refractivity contribution in [1.29, 1.82) is 0 Å². The van der Waals surface area contributed by atoms with Crippen molar-refractivity contribution in [3.63, 3.8) is 0 Å². The summed E-state index contributed by atoms with van der Waals surface area (Å²) in [6.07, 6.45) is 2.36. The largest absolute Gasteiger partial charge is 0.370 e. The monoisotopic (exact) mass is 393 g/mol. The molecule has 1 fully saturated rings. The Morgan fingerprint density at radius 3 is 2.85 bits per heavy atom. The maximum Gasteiger partial charge on any atom is 0.237 e. The summed E-state index contributed by atoms with van der Waals surface area (Å²) < 4.78 is 1.91. The van der Waals surface area contributed by atoms with Gasteiger partial charge in [0.25, 0.3) is 0 Å². The number of primary amides is 1. The first-order chi connectivity index (χ1) is 12.4. The number of anilines is 1. The van der Waals surface area contributed by atoms with Gasteiger partial charge in [0, 0.05) is 29.6 Å². The van der Waals surface area contributed by atoms with Gasteiger partial charge in [0.2, 0.25) is 11.8 Å². The first kappa shape index (κ1) is 18.7. The van der Waals surface area contributed by atoms with Gasteiger partial charge in [-0.15, -0.1) is 10.2 Å². The van der Waals surface area contributed by atoms with Crippen molar-refractivity contribution in [3.05, 3.63) is 35.1 Å². The maximum absolute atomic E-state index is 12.5. The van der Waals surface area contributed by atoms with E-state index in [0.29, 0.717) is 28.3 Å². The number of benzene rings is 1. The fourth-order valence-corrected chi connectivity index (χ4v) is 3.56. The fourth-order valence-electron chi connectivity index (χ4n) is 2.48. The summed E-state index contributed by atoms with van der Waals surface area (Å²) in [4.78, 5) is 23.6. The van der Waals surface area contributed by atoms with Gasteiger partial charge in [-0.1, -0.05) is 29.4 Å². The van der Waals surface area contributed by atoms with Crippen LogP contribution >= 0.6 is 23.4 Å². The van der Waals surface area contributed by atoms with Gasteiger partial charge in [-0.2, -0.15) is 0 Å². The number of halogens is 1. The third-order valence-corrected chi connectivity index (χ3v) is 5.33. The number of amides is 2. The first-order valence-corrected chi connectivity index (χ1v) is 9.64. The summed E-state index contributed by atoms with van der Waals surface area (Å²) in [7, 11) is 0. The molecular weight excluding hydrogens is 374 g/mol. The van der Waals surface area contributed by atoms with E-state index in [1.165, 1.54) is 11.8 Å². The van der Waals surface area contributed by atoms with E-state index in [4.69, 9.17) is 17.3 Å². The second-order valence-electron chi connectivity index (χ2n) is 6.24. The van der Waals surface area contributed by atoms with Gasteiger partial charge >= 0.3 is 0 Å². The summed E-state index contributed by atoms with van der Waals surface area (Å²) in [6.45, 7) is 2.23. The zero-order chi connectivity index (χ0) is 18.7. The SMILES string of the molecule is C[C@@H](Sc1nnc(C2CC2)n1CCC(N)=O)C(=O)Nc1cccc(Cl)c1. The van der Waals surface area contributed by atoms with Gasteiger partial charge in [-0.25, -0.2) is 0 Å². The van der Waals surface area contributed by atoms with Crippen molar-refractivity contribution in [1.82, 2.24) is 14.8 Å². The van der Waals surface area contributed by atoms with E-state index in [1.54, 1.807) is 31.2 Å². The molecule has 1 aromatic heterocycles. The van der Waals surface area contributed by atoms with Gasteiger partial charge < -0.3 is 15.6 Å². The normalized spacial score (nSPS) is 14.8. The number of carbonyl (C=O) groups excluding carboxylic acids is 2. The van der Waals surface area contributed by atoms with Crippen LogP contribution in [-0.4, -0.2) is 31.8 Å². The summed E-state index contributed by atoms with van der Waals surface area (Å²) in [5.74, 6) is 0.731. The Hall–Kier alpha value is -2.06. The number of rotatable bonds is 8. The second-order valence-corrected chi connectivity index (χ2v) is 7.99. The van der Waals surface area contributed by atoms with Gasteiger partial charge in [-0.05, 0) is 38.0 Å². The van der Waals surface area contributed by atoms with E-state index < -0.39 is 5.25 Å². The van der Waals surface area contributed by atoms with Crippen molar-refractivity contribution in [3.8, 4) is 0 Å². The Balaban J connectivity index is 1.68. The van der Waals surface area contributed by atoms with Crippen LogP contribution in [0.25, 0.3) is 0 Å². The summed E-state index contributed by atoms with van der Waals surface area (Å²) in [6, 6.07) is 6.99. The Morgan fingerprint density at radius 2 is 2.19 bits per heavy atom. The molecule has 1 saturated carbocycles. The smallest absolute Gasteiger partial charge is 0.237 e. The lowest BCUT2D eigenvalue weighted by Gasteiger charge is -2.13. The standard InChI is InChI=1S/C17H20ClN5O2S/c1-10(16(25)20-13-4-2-3-12(18)9-13)26-17-22-21-15(11-5-6-11)23(17)8-7-14(19)24/h2-4,9-11H,5-8H2,1H3,(H2,19,24)(H,20,25)/t10-/m1/s1. The number of hydrogen-bond donors (Lipinski definition) is 2. The van der Waals surface area contributed by atoms with Crippen LogP contribution in [0.4, 0.5) is 5.69 Å². The van der Waals surface area contributed by atoms with Crippen LogP contribution < -0.4 is 11.1 Å². The molecule has 1 aromatic carbocycles. The molecule has 0 saturated heterocycles. The van der Waals surface area contributed by atoms with Crippen molar-refractivity contribution >= 4 is 40.9 Å². The van der Waals surface area contributed by atoms with E-state index in [2.05, 4.69) is 15.5 Å². The highest BCUT2D eigenvalue weighted by Gasteiger charge is 2.31. The molecule has 2 amide bonds. The number of hydrogen-bond acceptors (Lipinski definition) is 5. The highest BCUT2D eigenvalue weighted by Crippen LogP contribution is 2.40. The van der Waals surface area contributed by atoms with Crippen LogP contribution in [0, 0.1) is 0 Å². The van der Waals surface area contributed by atoms with Crippen LogP contribution in [0.3, 0.4) is 0 Å². The first-order valence-electron chi connectivity index (χ1n) is 8.38. The van der Waals surface area contributed by atoms with Gasteiger partial charge in [0.1, 0.15) is 5.82 Å². The van der Waals surface area contributed by atoms with E-state index >= 15 is 0 Å². The van der Waals surface area contributed by atoms with Gasteiger partial charge in [-0.3, -0.25) is 9.59 Å². The van der Waals surface area contributed by atoms with E-state index in [1.807, 2.05) is 4.57 Å². The van der Waals surface area contributed by atoms with E-state index in [9.17, 15) is 9.59 Å². The second kappa shape index (κ2) is 8.09. The molecule has 1 aliphatic carbocycles. The Morgan fingerprint density at radius 1 is 1.42 bits per heavy atom. The maximum atomic E-state index is 12.5. The molecule has 0 unspecified atom stereocenters. The molecule has 0 radical (unpaired) electrons. The van der Waals surface area contributed by atoms with Crippen LogP contribution in [0.1, 0.15) is 37.9 Å². The third kappa shape index (κ3) is 4.76. The number of carbonyl (C=O) groups is 2. The number of nitrogens with two attached hydrogens (primary N) is 1. The van der Waals surface area contributed by atoms with Crippen LogP contribution in [0.5, 0.6) is 0 Å². The Kier molecular flexibility index (Phi) is 5.83. The highest BCUT2D eigenvalue weighted by molar-refractivity contribution is 8.00. The Labute approximate surface area is 160 Å². The molecule has 3 N–H and O–H groups in total. The van der Waals surface area contributed by atoms with Crippen LogP contribution in [0.15, 0.2) is 29.4 Å². The minimum absolute atomic E-state index is 0.158. The molecule has 0 bridgehead atoms. The zero-order valence-electron chi connectivity index (χ0n) is 14.3. The van der Waals surface area contributed by atoms with Gasteiger partial charge in [0.15, 0.2) is 5.16 Å². The molecule has 0 aliphatic heterocycles. The van der Waals surface area contributed by atoms with E-state index in [-0.39, 0.29) is 18.2 Å². The number of aromatic nitrogens is 3. The third-order valence-electron chi connectivity index (χ3n) is 4.01. The average molecular weight is 394 g/mol. The van der Waals surface area contributed by atoms with Crippen LogP contribution in [-0.2, 0) is 16.1 Å². The van der Waals surface area contributed by atoms with Crippen molar-refractivity contribution in [2.75, 3.05) is 5.32 Å². The summed E-state index contributed by atoms with van der Waals surface area (Å²) in [5.41, 5.74) is 5.92. The number of thioether (sulfide) groups is 1. The predicted octanol–water partition coefficient (Wildman–Crippen LogP) is 2.80. The molecule has 138 valence electrons. The van der Waals surface area contributed by atoms with Crippen molar-refractivity contribution in [2.24, 2.45) is 5.73 Å². The van der Waals surface area contributed by atoms with Crippen molar-refractivity contribution < 1.29 is 9.59 Å². The zero-order valence-corrected chi connectivity index (χ0v) is 15.9. The molecule has 2 aromatic rings. The molecule has 1 heterocycles. The fraction of sp³-hybridized carbons (Fsp3) is 0.412. The molecule has 9 heteroatoms. The van der Waals surface area contributed by atoms with E-state index in [0.717, 1.165) is 18.7 Å². The summed E-state index contributed by atoms with van der Waals surface area (Å²) in [5, 5.41) is 12.1. The molecule has 1 aliphatic rings. The number of nitrogens with zero attached hydrogens (tertiary/aromatic N) is 3. The molecular formula is C17H20ClN5O2S. The lowest BCUT2D eigenvalue weighted by atomic mass is 10.3. The molecule has 0 spiro atoms. The van der Waals surface area contributed by atoms with Crippen LogP contribution in [0.2, 0.25) is 5.02 Å². The minimum Gasteiger partial charge on any atom is -0.370 e. The average Bonchev–Trinajstić information content (AvgIpc) is 3.35. The Bertz CT molecular complexity index is 821. The molecule has 3 rings (SSSR count). The molecule has 7 nitrogen and oxygen atoms in total. The molecule has 26 heavy (non-hydrogen) atoms. The minimum atomic E-state index is -0.391. The summed E-state index contributed by atoms with van der Waals surface area (Å²) >= 11 is 7.25. The topological polar surface area (TPSA) is 103 Å². The lowest BCUT2D eigenvalue weighted by molar-refractivity contribution is -0.118. The highest BCUT2D eigenvalue weighted by atomic mass is 35.5. The number of nitrogens with one attached hydrogen (secondary N) is 1.